The molecule has 1 aliphatic rings. The van der Waals surface area contributed by atoms with Crippen molar-refractivity contribution in [3.63, 3.8) is 0 Å². The van der Waals surface area contributed by atoms with Crippen LogP contribution >= 0.6 is 0 Å². The first-order valence-electron chi connectivity index (χ1n) is 6.56. The summed E-state index contributed by atoms with van der Waals surface area (Å²) in [6, 6.07) is 17.9. The zero-order valence-electron chi connectivity index (χ0n) is 11.2. The molecule has 0 N–H and O–H groups in total. The van der Waals surface area contributed by atoms with Crippen LogP contribution < -0.4 is 4.90 Å². The Morgan fingerprint density at radius 2 is 1.65 bits per heavy atom. The van der Waals surface area contributed by atoms with Crippen LogP contribution in [0.1, 0.15) is 29.5 Å². The maximum absolute atomic E-state index is 9.33. The van der Waals surface area contributed by atoms with Gasteiger partial charge in [0.2, 0.25) is 0 Å². The molecule has 1 unspecified atom stereocenters. The van der Waals surface area contributed by atoms with Crippen LogP contribution in [0.25, 0.3) is 0 Å². The van der Waals surface area contributed by atoms with Gasteiger partial charge in [-0.3, -0.25) is 0 Å². The summed E-state index contributed by atoms with van der Waals surface area (Å²) >= 11 is 0. The lowest BCUT2D eigenvalue weighted by atomic mass is 10.0. The average molecular weight is 259 g/mol. The molecule has 0 saturated carbocycles. The van der Waals surface area contributed by atoms with Crippen molar-refractivity contribution in [2.75, 3.05) is 11.4 Å². The highest BCUT2D eigenvalue weighted by atomic mass is 15.2. The van der Waals surface area contributed by atoms with E-state index in [1.54, 1.807) is 18.2 Å². The maximum Gasteiger partial charge on any atom is 0.101 e. The number of hydrogen-bond acceptors (Lipinski definition) is 3. The zero-order chi connectivity index (χ0) is 14.1. The highest BCUT2D eigenvalue weighted by molar-refractivity contribution is 5.79. The summed E-state index contributed by atoms with van der Waals surface area (Å²) in [6.45, 7) is 2.96. The highest BCUT2D eigenvalue weighted by Crippen LogP contribution is 2.42. The SMILES string of the molecule is CC1CN(c2c(C#N)cccc2C#N)c2ccccc21. The van der Waals surface area contributed by atoms with Gasteiger partial charge in [0.15, 0.2) is 0 Å². The molecule has 96 valence electrons. The van der Waals surface area contributed by atoms with Crippen molar-refractivity contribution in [1.29, 1.82) is 10.5 Å². The lowest BCUT2D eigenvalue weighted by molar-refractivity contribution is 0.812. The number of hydrogen-bond donors (Lipinski definition) is 0. The standard InChI is InChI=1S/C17H13N3/c1-12-11-20(16-8-3-2-7-15(12)16)17-13(9-18)5-4-6-14(17)10-19/h2-8,12H,11H2,1H3. The third-order valence-corrected chi connectivity index (χ3v) is 3.76. The van der Waals surface area contributed by atoms with Gasteiger partial charge in [-0.15, -0.1) is 0 Å². The summed E-state index contributed by atoms with van der Waals surface area (Å²) in [4.78, 5) is 2.09. The van der Waals surface area contributed by atoms with Gasteiger partial charge in [-0.25, -0.2) is 0 Å². The number of fused-ring (bicyclic) bond motifs is 1. The number of nitriles is 2. The lowest BCUT2D eigenvalue weighted by Gasteiger charge is -2.22. The van der Waals surface area contributed by atoms with Crippen LogP contribution in [0.4, 0.5) is 11.4 Å². The van der Waals surface area contributed by atoms with E-state index >= 15 is 0 Å². The Labute approximate surface area is 118 Å². The molecule has 1 atom stereocenters. The van der Waals surface area contributed by atoms with Crippen molar-refractivity contribution < 1.29 is 0 Å². The third kappa shape index (κ3) is 1.73. The molecule has 0 saturated heterocycles. The quantitative estimate of drug-likeness (QED) is 0.784. The molecule has 20 heavy (non-hydrogen) atoms. The first-order valence-corrected chi connectivity index (χ1v) is 6.56. The molecule has 1 aliphatic heterocycles. The van der Waals surface area contributed by atoms with Crippen molar-refractivity contribution in [1.82, 2.24) is 0 Å². The van der Waals surface area contributed by atoms with Crippen LogP contribution in [-0.4, -0.2) is 6.54 Å². The molecule has 0 fully saturated rings. The Kier molecular flexibility index (Phi) is 2.89. The summed E-state index contributed by atoms with van der Waals surface area (Å²) in [5.41, 5.74) is 4.19. The van der Waals surface area contributed by atoms with Gasteiger partial charge in [-0.05, 0) is 23.8 Å². The second kappa shape index (κ2) is 4.72. The van der Waals surface area contributed by atoms with Gasteiger partial charge in [-0.2, -0.15) is 10.5 Å². The Bertz CT molecular complexity index is 717. The first kappa shape index (κ1) is 12.3. The highest BCUT2D eigenvalue weighted by Gasteiger charge is 2.29. The van der Waals surface area contributed by atoms with E-state index in [1.165, 1.54) is 5.56 Å². The van der Waals surface area contributed by atoms with Crippen LogP contribution in [0.3, 0.4) is 0 Å². The summed E-state index contributed by atoms with van der Waals surface area (Å²) in [6.07, 6.45) is 0. The maximum atomic E-state index is 9.33. The normalized spacial score (nSPS) is 16.4. The van der Waals surface area contributed by atoms with Gasteiger partial charge in [0.25, 0.3) is 0 Å². The van der Waals surface area contributed by atoms with Crippen molar-refractivity contribution >= 4 is 11.4 Å². The van der Waals surface area contributed by atoms with E-state index in [-0.39, 0.29) is 0 Å². The summed E-state index contributed by atoms with van der Waals surface area (Å²) in [5, 5.41) is 18.7. The van der Waals surface area contributed by atoms with Crippen LogP contribution in [0.5, 0.6) is 0 Å². The molecule has 0 radical (unpaired) electrons. The smallest absolute Gasteiger partial charge is 0.101 e. The fourth-order valence-corrected chi connectivity index (χ4v) is 2.85. The van der Waals surface area contributed by atoms with E-state index in [2.05, 4.69) is 30.0 Å². The van der Waals surface area contributed by atoms with E-state index in [1.807, 2.05) is 18.2 Å². The molecule has 2 aromatic rings. The summed E-state index contributed by atoms with van der Waals surface area (Å²) in [5.74, 6) is 0.393. The van der Waals surface area contributed by atoms with Gasteiger partial charge in [0.05, 0.1) is 16.8 Å². The zero-order valence-corrected chi connectivity index (χ0v) is 11.2. The van der Waals surface area contributed by atoms with Crippen LogP contribution in [-0.2, 0) is 0 Å². The van der Waals surface area contributed by atoms with Gasteiger partial charge in [0.1, 0.15) is 12.1 Å². The minimum atomic E-state index is 0.393. The second-order valence-corrected chi connectivity index (χ2v) is 5.00. The Balaban J connectivity index is 2.22. The number of para-hydroxylation sites is 2. The second-order valence-electron chi connectivity index (χ2n) is 5.00. The topological polar surface area (TPSA) is 50.8 Å². The van der Waals surface area contributed by atoms with Gasteiger partial charge in [-0.1, -0.05) is 31.2 Å². The van der Waals surface area contributed by atoms with Crippen LogP contribution in [0.15, 0.2) is 42.5 Å². The molecule has 2 aromatic carbocycles. The Morgan fingerprint density at radius 1 is 1.00 bits per heavy atom. The van der Waals surface area contributed by atoms with Crippen molar-refractivity contribution in [3.05, 3.63) is 59.2 Å². The van der Waals surface area contributed by atoms with Crippen molar-refractivity contribution in [3.8, 4) is 12.1 Å². The predicted molar refractivity (Wildman–Crippen MR) is 77.7 cm³/mol. The van der Waals surface area contributed by atoms with Crippen molar-refractivity contribution in [2.24, 2.45) is 0 Å². The monoisotopic (exact) mass is 259 g/mol. The third-order valence-electron chi connectivity index (χ3n) is 3.76. The molecule has 0 spiro atoms. The number of anilines is 2. The van der Waals surface area contributed by atoms with E-state index in [0.717, 1.165) is 17.9 Å². The molecule has 0 aromatic heterocycles. The summed E-state index contributed by atoms with van der Waals surface area (Å²) < 4.78 is 0. The molecular formula is C17H13N3. The van der Waals surface area contributed by atoms with Gasteiger partial charge >= 0.3 is 0 Å². The minimum absolute atomic E-state index is 0.393. The number of rotatable bonds is 1. The molecule has 0 aliphatic carbocycles. The van der Waals surface area contributed by atoms with E-state index in [0.29, 0.717) is 17.0 Å². The van der Waals surface area contributed by atoms with Crippen LogP contribution in [0, 0.1) is 22.7 Å². The molecule has 1 heterocycles. The Morgan fingerprint density at radius 3 is 2.30 bits per heavy atom. The van der Waals surface area contributed by atoms with E-state index < -0.39 is 0 Å². The fraction of sp³-hybridized carbons (Fsp3) is 0.176. The van der Waals surface area contributed by atoms with E-state index in [4.69, 9.17) is 0 Å². The van der Waals surface area contributed by atoms with Gasteiger partial charge < -0.3 is 4.90 Å². The first-order chi connectivity index (χ1) is 9.76. The molecule has 3 rings (SSSR count). The fourth-order valence-electron chi connectivity index (χ4n) is 2.85. The molecule has 3 heteroatoms. The molecule has 0 amide bonds. The molecule has 3 nitrogen and oxygen atoms in total. The lowest BCUT2D eigenvalue weighted by Crippen LogP contribution is -2.17. The largest absolute Gasteiger partial charge is 0.338 e. The average Bonchev–Trinajstić information content (AvgIpc) is 2.83. The molecular weight excluding hydrogens is 246 g/mol. The Hall–Kier alpha value is -2.78. The van der Waals surface area contributed by atoms with E-state index in [9.17, 15) is 10.5 Å². The minimum Gasteiger partial charge on any atom is -0.338 e. The van der Waals surface area contributed by atoms with Gasteiger partial charge in [0, 0.05) is 18.2 Å². The number of benzene rings is 2. The van der Waals surface area contributed by atoms with Crippen molar-refractivity contribution in [2.45, 2.75) is 12.8 Å². The van der Waals surface area contributed by atoms with Crippen LogP contribution in [0.2, 0.25) is 0 Å². The predicted octanol–water partition coefficient (Wildman–Crippen LogP) is 3.69. The number of nitrogens with zero attached hydrogens (tertiary/aromatic N) is 3. The summed E-state index contributed by atoms with van der Waals surface area (Å²) in [7, 11) is 0. The molecule has 0 bridgehead atoms.